The summed E-state index contributed by atoms with van der Waals surface area (Å²) >= 11 is 0. The van der Waals surface area contributed by atoms with Gasteiger partial charge in [-0.05, 0) is 6.42 Å². The van der Waals surface area contributed by atoms with E-state index in [1.165, 1.54) is 32.1 Å². The molecule has 0 saturated heterocycles. The lowest BCUT2D eigenvalue weighted by atomic mass is 10.1. The van der Waals surface area contributed by atoms with Gasteiger partial charge in [0.15, 0.2) is 5.78 Å². The summed E-state index contributed by atoms with van der Waals surface area (Å²) in [6, 6.07) is 0. The fraction of sp³-hybridized carbons (Fsp3) is 0.643. The zero-order valence-corrected chi connectivity index (χ0v) is 10.7. The molecule has 0 aliphatic carbocycles. The van der Waals surface area contributed by atoms with Gasteiger partial charge in [-0.25, -0.2) is 4.98 Å². The van der Waals surface area contributed by atoms with Crippen LogP contribution in [0.4, 0.5) is 0 Å². The molecular weight excluding hydrogens is 212 g/mol. The van der Waals surface area contributed by atoms with Gasteiger partial charge in [0.25, 0.3) is 0 Å². The van der Waals surface area contributed by atoms with Crippen LogP contribution in [0, 0.1) is 0 Å². The number of nitrogens with zero attached hydrogens (tertiary/aromatic N) is 2. The third-order valence-corrected chi connectivity index (χ3v) is 2.86. The molecule has 0 saturated carbocycles. The van der Waals surface area contributed by atoms with Crippen LogP contribution < -0.4 is 0 Å². The smallest absolute Gasteiger partial charge is 0.182 e. The lowest BCUT2D eigenvalue weighted by molar-refractivity contribution is 0.0974. The monoisotopic (exact) mass is 234 g/mol. The number of Topliss-reactive ketones (excluding diaryl/α,β-unsaturated/α-hetero) is 1. The van der Waals surface area contributed by atoms with E-state index in [4.69, 9.17) is 0 Å². The average Bonchev–Trinajstić information content (AvgIpc) is 2.38. The quantitative estimate of drug-likeness (QED) is 0.482. The first-order valence-electron chi connectivity index (χ1n) is 6.63. The van der Waals surface area contributed by atoms with Gasteiger partial charge in [-0.1, -0.05) is 45.4 Å². The summed E-state index contributed by atoms with van der Waals surface area (Å²) < 4.78 is 0. The van der Waals surface area contributed by atoms with Gasteiger partial charge in [-0.15, -0.1) is 0 Å². The van der Waals surface area contributed by atoms with Gasteiger partial charge in [0, 0.05) is 18.8 Å². The molecule has 94 valence electrons. The maximum absolute atomic E-state index is 11.7. The van der Waals surface area contributed by atoms with Crippen LogP contribution in [0.1, 0.15) is 68.8 Å². The van der Waals surface area contributed by atoms with Crippen molar-refractivity contribution >= 4 is 5.78 Å². The molecule has 0 unspecified atom stereocenters. The van der Waals surface area contributed by atoms with E-state index in [0.717, 1.165) is 12.8 Å². The third-order valence-electron chi connectivity index (χ3n) is 2.86. The zero-order chi connectivity index (χ0) is 12.3. The Bertz CT molecular complexity index is 311. The zero-order valence-electron chi connectivity index (χ0n) is 10.7. The van der Waals surface area contributed by atoms with Crippen LogP contribution in [-0.4, -0.2) is 15.8 Å². The molecule has 0 spiro atoms. The molecule has 0 amide bonds. The molecule has 0 aliphatic heterocycles. The predicted octanol–water partition coefficient (Wildman–Crippen LogP) is 3.80. The van der Waals surface area contributed by atoms with Crippen molar-refractivity contribution in [2.75, 3.05) is 0 Å². The molecule has 1 aromatic rings. The summed E-state index contributed by atoms with van der Waals surface area (Å²) in [6.45, 7) is 2.22. The Morgan fingerprint density at radius 1 is 1.06 bits per heavy atom. The number of ketones is 1. The summed E-state index contributed by atoms with van der Waals surface area (Å²) in [7, 11) is 0. The van der Waals surface area contributed by atoms with Gasteiger partial charge in [0.1, 0.15) is 5.69 Å². The van der Waals surface area contributed by atoms with Crippen molar-refractivity contribution in [3.8, 4) is 0 Å². The van der Waals surface area contributed by atoms with Crippen LogP contribution in [0.25, 0.3) is 0 Å². The van der Waals surface area contributed by atoms with Crippen LogP contribution >= 0.6 is 0 Å². The molecular formula is C14H22N2O. The van der Waals surface area contributed by atoms with Crippen LogP contribution in [0.15, 0.2) is 18.6 Å². The van der Waals surface area contributed by atoms with Crippen molar-refractivity contribution < 1.29 is 4.79 Å². The molecule has 0 N–H and O–H groups in total. The minimum absolute atomic E-state index is 0.117. The maximum atomic E-state index is 11.7. The topological polar surface area (TPSA) is 42.9 Å². The number of hydrogen-bond acceptors (Lipinski definition) is 3. The summed E-state index contributed by atoms with van der Waals surface area (Å²) in [4.78, 5) is 19.6. The molecule has 0 aliphatic rings. The minimum atomic E-state index is 0.117. The number of aromatic nitrogens is 2. The molecule has 1 rings (SSSR count). The van der Waals surface area contributed by atoms with Crippen molar-refractivity contribution in [2.45, 2.75) is 58.3 Å². The molecule has 17 heavy (non-hydrogen) atoms. The molecule has 0 atom stereocenters. The van der Waals surface area contributed by atoms with Gasteiger partial charge in [-0.3, -0.25) is 9.78 Å². The van der Waals surface area contributed by atoms with Crippen LogP contribution in [0.2, 0.25) is 0 Å². The van der Waals surface area contributed by atoms with E-state index in [-0.39, 0.29) is 5.78 Å². The first kappa shape index (κ1) is 13.8. The molecule has 0 aromatic carbocycles. The fourth-order valence-electron chi connectivity index (χ4n) is 1.81. The highest BCUT2D eigenvalue weighted by Gasteiger charge is 2.05. The van der Waals surface area contributed by atoms with E-state index >= 15 is 0 Å². The number of carbonyl (C=O) groups excluding carboxylic acids is 1. The Morgan fingerprint density at radius 2 is 1.76 bits per heavy atom. The van der Waals surface area contributed by atoms with E-state index in [0.29, 0.717) is 12.1 Å². The van der Waals surface area contributed by atoms with Gasteiger partial charge < -0.3 is 0 Å². The molecule has 0 fully saturated rings. The van der Waals surface area contributed by atoms with E-state index in [9.17, 15) is 4.79 Å². The van der Waals surface area contributed by atoms with E-state index < -0.39 is 0 Å². The van der Waals surface area contributed by atoms with Gasteiger partial charge in [0.2, 0.25) is 0 Å². The van der Waals surface area contributed by atoms with Crippen molar-refractivity contribution in [3.63, 3.8) is 0 Å². The molecule has 0 radical (unpaired) electrons. The summed E-state index contributed by atoms with van der Waals surface area (Å²) in [6.07, 6.45) is 13.9. The Hall–Kier alpha value is -1.25. The maximum Gasteiger partial charge on any atom is 0.182 e. The van der Waals surface area contributed by atoms with Crippen LogP contribution in [0.3, 0.4) is 0 Å². The van der Waals surface area contributed by atoms with Crippen LogP contribution in [0.5, 0.6) is 0 Å². The van der Waals surface area contributed by atoms with E-state index in [1.54, 1.807) is 18.6 Å². The van der Waals surface area contributed by atoms with Crippen molar-refractivity contribution in [1.29, 1.82) is 0 Å². The first-order chi connectivity index (χ1) is 8.34. The fourth-order valence-corrected chi connectivity index (χ4v) is 1.81. The summed E-state index contributed by atoms with van der Waals surface area (Å²) in [5, 5.41) is 0. The van der Waals surface area contributed by atoms with Crippen molar-refractivity contribution in [3.05, 3.63) is 24.3 Å². The van der Waals surface area contributed by atoms with Gasteiger partial charge in [0.05, 0.1) is 6.20 Å². The molecule has 1 heterocycles. The Morgan fingerprint density at radius 3 is 2.41 bits per heavy atom. The standard InChI is InChI=1S/C14H22N2O/c1-2-3-4-5-6-7-8-9-14(17)13-12-15-10-11-16-13/h10-12H,2-9H2,1H3. The summed E-state index contributed by atoms with van der Waals surface area (Å²) in [5.74, 6) is 0.117. The van der Waals surface area contributed by atoms with Crippen molar-refractivity contribution in [1.82, 2.24) is 9.97 Å². The molecule has 3 nitrogen and oxygen atoms in total. The third kappa shape index (κ3) is 6.15. The van der Waals surface area contributed by atoms with Gasteiger partial charge >= 0.3 is 0 Å². The summed E-state index contributed by atoms with van der Waals surface area (Å²) in [5.41, 5.74) is 0.499. The average molecular weight is 234 g/mol. The Kier molecular flexibility index (Phi) is 7.19. The molecule has 1 aromatic heterocycles. The van der Waals surface area contributed by atoms with Crippen molar-refractivity contribution in [2.24, 2.45) is 0 Å². The number of carbonyl (C=O) groups is 1. The molecule has 0 bridgehead atoms. The number of unbranched alkanes of at least 4 members (excludes halogenated alkanes) is 6. The van der Waals surface area contributed by atoms with Crippen LogP contribution in [-0.2, 0) is 0 Å². The normalized spacial score (nSPS) is 10.4. The van der Waals surface area contributed by atoms with E-state index in [1.807, 2.05) is 0 Å². The number of rotatable bonds is 9. The highest BCUT2D eigenvalue weighted by Crippen LogP contribution is 2.10. The largest absolute Gasteiger partial charge is 0.292 e. The highest BCUT2D eigenvalue weighted by atomic mass is 16.1. The predicted molar refractivity (Wildman–Crippen MR) is 69.0 cm³/mol. The second-order valence-corrected chi connectivity index (χ2v) is 4.39. The second kappa shape index (κ2) is 8.85. The lowest BCUT2D eigenvalue weighted by Crippen LogP contribution is -2.02. The number of hydrogen-bond donors (Lipinski definition) is 0. The molecule has 3 heteroatoms. The lowest BCUT2D eigenvalue weighted by Gasteiger charge is -2.01. The first-order valence-corrected chi connectivity index (χ1v) is 6.63. The van der Waals surface area contributed by atoms with E-state index in [2.05, 4.69) is 16.9 Å². The van der Waals surface area contributed by atoms with Gasteiger partial charge in [-0.2, -0.15) is 0 Å². The SMILES string of the molecule is CCCCCCCCCC(=O)c1cnccn1. The highest BCUT2D eigenvalue weighted by molar-refractivity contribution is 5.93. The Labute approximate surface area is 104 Å². The minimum Gasteiger partial charge on any atom is -0.292 e. The second-order valence-electron chi connectivity index (χ2n) is 4.39. The Balaban J connectivity index is 2.05.